The standard InChI is InChI=1S/C13H32Si2/c1-12(2,3)11-15(10,13(4,5)6)14(7,8)9/h11H2,1-10H3. The molecule has 0 aliphatic heterocycles. The Kier molecular flexibility index (Phi) is 4.14. The summed E-state index contributed by atoms with van der Waals surface area (Å²) >= 11 is 0. The second-order valence-corrected chi connectivity index (χ2v) is 25.4. The molecule has 0 spiro atoms. The van der Waals surface area contributed by atoms with Crippen LogP contribution in [0, 0.1) is 5.41 Å². The van der Waals surface area contributed by atoms with Crippen molar-refractivity contribution in [3.05, 3.63) is 0 Å². The predicted molar refractivity (Wildman–Crippen MR) is 78.9 cm³/mol. The molecule has 2 heteroatoms. The third-order valence-electron chi connectivity index (χ3n) is 4.19. The zero-order valence-corrected chi connectivity index (χ0v) is 14.7. The Morgan fingerprint density at radius 1 is 0.733 bits per heavy atom. The maximum absolute atomic E-state index is 2.66. The van der Waals surface area contributed by atoms with Gasteiger partial charge in [0.25, 0.3) is 0 Å². The van der Waals surface area contributed by atoms with E-state index in [9.17, 15) is 0 Å². The maximum Gasteiger partial charge on any atom is 0.0498 e. The quantitative estimate of drug-likeness (QED) is 0.576. The molecule has 0 aromatic carbocycles. The van der Waals surface area contributed by atoms with Crippen molar-refractivity contribution in [2.24, 2.45) is 5.41 Å². The molecule has 0 aromatic rings. The van der Waals surface area contributed by atoms with Gasteiger partial charge in [0.05, 0.1) is 0 Å². The lowest BCUT2D eigenvalue weighted by molar-refractivity contribution is 0.455. The number of rotatable bonds is 2. The molecule has 1 atom stereocenters. The highest BCUT2D eigenvalue weighted by molar-refractivity contribution is 7.41. The second kappa shape index (κ2) is 4.03. The van der Waals surface area contributed by atoms with Gasteiger partial charge in [-0.3, -0.25) is 0 Å². The Balaban J connectivity index is 5.26. The van der Waals surface area contributed by atoms with Crippen molar-refractivity contribution in [2.75, 3.05) is 0 Å². The molecule has 1 unspecified atom stereocenters. The Morgan fingerprint density at radius 3 is 1.13 bits per heavy atom. The van der Waals surface area contributed by atoms with E-state index in [1.807, 2.05) is 0 Å². The Bertz CT molecular complexity index is 196. The molecule has 0 aliphatic carbocycles. The van der Waals surface area contributed by atoms with E-state index < -0.39 is 15.2 Å². The average molecular weight is 245 g/mol. The van der Waals surface area contributed by atoms with Gasteiger partial charge >= 0.3 is 0 Å². The van der Waals surface area contributed by atoms with Crippen LogP contribution in [0.1, 0.15) is 41.5 Å². The first-order chi connectivity index (χ1) is 6.21. The van der Waals surface area contributed by atoms with Crippen molar-refractivity contribution >= 4 is 15.2 Å². The Morgan fingerprint density at radius 2 is 1.07 bits per heavy atom. The molecule has 0 saturated heterocycles. The van der Waals surface area contributed by atoms with E-state index in [1.54, 1.807) is 0 Å². The van der Waals surface area contributed by atoms with Crippen molar-refractivity contribution in [1.82, 2.24) is 0 Å². The summed E-state index contributed by atoms with van der Waals surface area (Å²) in [6.45, 7) is 25.0. The van der Waals surface area contributed by atoms with Crippen LogP contribution >= 0.6 is 0 Å². The second-order valence-electron chi connectivity index (χ2n) is 8.57. The Labute approximate surface area is 99.7 Å². The van der Waals surface area contributed by atoms with Gasteiger partial charge in [-0.15, -0.1) is 0 Å². The first-order valence-corrected chi connectivity index (χ1v) is 13.4. The molecular formula is C13H32Si2. The summed E-state index contributed by atoms with van der Waals surface area (Å²) in [5, 5.41) is 0.546. The van der Waals surface area contributed by atoms with Crippen LogP contribution in [-0.2, 0) is 0 Å². The van der Waals surface area contributed by atoms with Gasteiger partial charge in [0.15, 0.2) is 0 Å². The molecule has 0 bridgehead atoms. The Hall–Kier alpha value is 0.434. The molecule has 0 rings (SSSR count). The average Bonchev–Trinajstić information content (AvgIpc) is 1.77. The molecule has 0 aromatic heterocycles. The van der Waals surface area contributed by atoms with Crippen molar-refractivity contribution in [2.45, 2.75) is 78.8 Å². The monoisotopic (exact) mass is 244 g/mol. The normalized spacial score (nSPS) is 18.8. The summed E-state index contributed by atoms with van der Waals surface area (Å²) in [6.07, 6.45) is 0. The molecule has 0 aliphatic rings. The van der Waals surface area contributed by atoms with Crippen LogP contribution in [0.25, 0.3) is 0 Å². The third kappa shape index (κ3) is 3.74. The maximum atomic E-state index is 2.66. The van der Waals surface area contributed by atoms with E-state index in [0.717, 1.165) is 0 Å². The van der Waals surface area contributed by atoms with Crippen LogP contribution in [0.4, 0.5) is 0 Å². The topological polar surface area (TPSA) is 0 Å². The van der Waals surface area contributed by atoms with E-state index in [2.05, 4.69) is 67.7 Å². The van der Waals surface area contributed by atoms with Crippen molar-refractivity contribution in [3.63, 3.8) is 0 Å². The van der Waals surface area contributed by atoms with Gasteiger partial charge in [0.2, 0.25) is 0 Å². The highest BCUT2D eigenvalue weighted by Gasteiger charge is 2.50. The summed E-state index contributed by atoms with van der Waals surface area (Å²) in [4.78, 5) is 0. The van der Waals surface area contributed by atoms with Gasteiger partial charge in [-0.05, 0) is 10.5 Å². The summed E-state index contributed by atoms with van der Waals surface area (Å²) in [5.74, 6) is 0. The largest absolute Gasteiger partial charge is 0.0714 e. The zero-order valence-electron chi connectivity index (χ0n) is 12.7. The van der Waals surface area contributed by atoms with Gasteiger partial charge in [0, 0.05) is 15.2 Å². The molecule has 15 heavy (non-hydrogen) atoms. The zero-order chi connectivity index (χ0) is 12.7. The van der Waals surface area contributed by atoms with E-state index in [1.165, 1.54) is 6.04 Å². The molecule has 0 radical (unpaired) electrons. The van der Waals surface area contributed by atoms with Crippen LogP contribution in [0.3, 0.4) is 0 Å². The smallest absolute Gasteiger partial charge is 0.0498 e. The molecule has 0 nitrogen and oxygen atoms in total. The summed E-state index contributed by atoms with van der Waals surface area (Å²) in [5.41, 5.74) is 0.495. The molecule has 92 valence electrons. The predicted octanol–water partition coefficient (Wildman–Crippen LogP) is 5.33. The molecule has 0 fully saturated rings. The van der Waals surface area contributed by atoms with Crippen LogP contribution in [0.15, 0.2) is 0 Å². The molecule has 0 N–H and O–H groups in total. The first-order valence-electron chi connectivity index (χ1n) is 6.21. The summed E-state index contributed by atoms with van der Waals surface area (Å²) in [7, 11) is -2.17. The lowest BCUT2D eigenvalue weighted by Gasteiger charge is -2.51. The van der Waals surface area contributed by atoms with Crippen molar-refractivity contribution in [3.8, 4) is 0 Å². The van der Waals surface area contributed by atoms with Crippen LogP contribution in [0.2, 0.25) is 37.3 Å². The fraction of sp³-hybridized carbons (Fsp3) is 1.00. The third-order valence-corrected chi connectivity index (χ3v) is 25.3. The SMILES string of the molecule is CC(C)(C)C[Si](C)(C(C)(C)C)[Si](C)(C)C. The minimum Gasteiger partial charge on any atom is -0.0714 e. The van der Waals surface area contributed by atoms with Crippen molar-refractivity contribution < 1.29 is 0 Å². The lowest BCUT2D eigenvalue weighted by Crippen LogP contribution is -2.62. The molecular weight excluding hydrogens is 212 g/mol. The summed E-state index contributed by atoms with van der Waals surface area (Å²) in [6, 6.07) is 1.47. The van der Waals surface area contributed by atoms with Crippen molar-refractivity contribution in [1.29, 1.82) is 0 Å². The van der Waals surface area contributed by atoms with Gasteiger partial charge < -0.3 is 0 Å². The molecule has 0 saturated carbocycles. The van der Waals surface area contributed by atoms with Crippen LogP contribution < -0.4 is 0 Å². The number of hydrogen-bond donors (Lipinski definition) is 0. The van der Waals surface area contributed by atoms with Crippen LogP contribution in [0.5, 0.6) is 0 Å². The van der Waals surface area contributed by atoms with E-state index in [-0.39, 0.29) is 0 Å². The molecule has 0 heterocycles. The lowest BCUT2D eigenvalue weighted by atomic mass is 10.0. The highest BCUT2D eigenvalue weighted by Crippen LogP contribution is 2.48. The van der Waals surface area contributed by atoms with E-state index in [4.69, 9.17) is 0 Å². The number of hydrogen-bond acceptors (Lipinski definition) is 0. The van der Waals surface area contributed by atoms with E-state index in [0.29, 0.717) is 10.5 Å². The highest BCUT2D eigenvalue weighted by atomic mass is 29.3. The fourth-order valence-electron chi connectivity index (χ4n) is 2.72. The first kappa shape index (κ1) is 15.4. The van der Waals surface area contributed by atoms with E-state index >= 15 is 0 Å². The van der Waals surface area contributed by atoms with Crippen LogP contribution in [-0.4, -0.2) is 15.2 Å². The van der Waals surface area contributed by atoms with Gasteiger partial charge in [0.1, 0.15) is 0 Å². The minimum absolute atomic E-state index is 0.495. The van der Waals surface area contributed by atoms with Gasteiger partial charge in [-0.25, -0.2) is 0 Å². The molecule has 0 amide bonds. The minimum atomic E-state index is -1.15. The van der Waals surface area contributed by atoms with Gasteiger partial charge in [-0.1, -0.05) is 73.8 Å². The fourth-order valence-corrected chi connectivity index (χ4v) is 18.1. The van der Waals surface area contributed by atoms with Gasteiger partial charge in [-0.2, -0.15) is 0 Å². The summed E-state index contributed by atoms with van der Waals surface area (Å²) < 4.78 is 0.